The van der Waals surface area contributed by atoms with Gasteiger partial charge in [-0.2, -0.15) is 13.2 Å². The first-order valence-corrected chi connectivity index (χ1v) is 4.26. The zero-order valence-electron chi connectivity index (χ0n) is 7.10. The SMILES string of the molecule is NCC(=O)C1CCCC1C(F)(F)F. The number of carbonyl (C=O) groups excluding carboxylic acids is 1. The zero-order chi connectivity index (χ0) is 10.1. The van der Waals surface area contributed by atoms with Crippen LogP contribution in [0.3, 0.4) is 0 Å². The molecule has 0 saturated heterocycles. The summed E-state index contributed by atoms with van der Waals surface area (Å²) in [6, 6.07) is 0. The molecular weight excluding hydrogens is 183 g/mol. The molecule has 2 unspecified atom stereocenters. The summed E-state index contributed by atoms with van der Waals surface area (Å²) >= 11 is 0. The highest BCUT2D eigenvalue weighted by atomic mass is 19.4. The van der Waals surface area contributed by atoms with Gasteiger partial charge in [0.05, 0.1) is 12.5 Å². The van der Waals surface area contributed by atoms with Crippen molar-refractivity contribution in [2.24, 2.45) is 17.6 Å². The molecule has 0 aromatic rings. The molecule has 0 heterocycles. The lowest BCUT2D eigenvalue weighted by Crippen LogP contribution is -2.34. The number of ketones is 1. The van der Waals surface area contributed by atoms with E-state index in [1.54, 1.807) is 0 Å². The first kappa shape index (κ1) is 10.5. The molecule has 0 aliphatic heterocycles. The molecule has 0 aromatic heterocycles. The topological polar surface area (TPSA) is 43.1 Å². The van der Waals surface area contributed by atoms with Gasteiger partial charge >= 0.3 is 6.18 Å². The Bertz CT molecular complexity index is 202. The molecule has 2 N–H and O–H groups in total. The van der Waals surface area contributed by atoms with Crippen LogP contribution in [-0.4, -0.2) is 18.5 Å². The Morgan fingerprint density at radius 1 is 1.38 bits per heavy atom. The van der Waals surface area contributed by atoms with Crippen LogP contribution in [0, 0.1) is 11.8 Å². The number of hydrogen-bond acceptors (Lipinski definition) is 2. The van der Waals surface area contributed by atoms with Gasteiger partial charge in [0.25, 0.3) is 0 Å². The van der Waals surface area contributed by atoms with Gasteiger partial charge in [-0.25, -0.2) is 0 Å². The standard InChI is InChI=1S/C8H12F3NO/c9-8(10,11)6-3-1-2-5(6)7(13)4-12/h5-6H,1-4,12H2. The van der Waals surface area contributed by atoms with Gasteiger partial charge in [0, 0.05) is 5.92 Å². The van der Waals surface area contributed by atoms with Crippen molar-refractivity contribution in [3.05, 3.63) is 0 Å². The average Bonchev–Trinajstić information content (AvgIpc) is 2.49. The van der Waals surface area contributed by atoms with E-state index in [9.17, 15) is 18.0 Å². The lowest BCUT2D eigenvalue weighted by atomic mass is 9.91. The van der Waals surface area contributed by atoms with E-state index >= 15 is 0 Å². The van der Waals surface area contributed by atoms with Crippen molar-refractivity contribution in [2.75, 3.05) is 6.54 Å². The number of nitrogens with two attached hydrogens (primary N) is 1. The molecule has 1 rings (SSSR count). The van der Waals surface area contributed by atoms with Gasteiger partial charge in [-0.1, -0.05) is 6.42 Å². The van der Waals surface area contributed by atoms with E-state index in [1.165, 1.54) is 0 Å². The van der Waals surface area contributed by atoms with E-state index in [0.717, 1.165) is 0 Å². The molecule has 13 heavy (non-hydrogen) atoms. The Morgan fingerprint density at radius 2 is 2.00 bits per heavy atom. The molecule has 1 fully saturated rings. The Morgan fingerprint density at radius 3 is 2.46 bits per heavy atom. The maximum absolute atomic E-state index is 12.3. The van der Waals surface area contributed by atoms with Crippen LogP contribution in [0.25, 0.3) is 0 Å². The zero-order valence-corrected chi connectivity index (χ0v) is 7.10. The van der Waals surface area contributed by atoms with Crippen LogP contribution in [0.5, 0.6) is 0 Å². The number of rotatable bonds is 2. The van der Waals surface area contributed by atoms with Gasteiger partial charge in [0.15, 0.2) is 0 Å². The van der Waals surface area contributed by atoms with E-state index in [0.29, 0.717) is 12.8 Å². The first-order valence-electron chi connectivity index (χ1n) is 4.26. The summed E-state index contributed by atoms with van der Waals surface area (Å²) in [5.74, 6) is -2.80. The van der Waals surface area contributed by atoms with Gasteiger partial charge in [-0.05, 0) is 12.8 Å². The van der Waals surface area contributed by atoms with E-state index in [1.807, 2.05) is 0 Å². The summed E-state index contributed by atoms with van der Waals surface area (Å²) in [5.41, 5.74) is 5.04. The Labute approximate surface area is 74.3 Å². The summed E-state index contributed by atoms with van der Waals surface area (Å²) in [6.07, 6.45) is -3.37. The molecule has 2 nitrogen and oxygen atoms in total. The first-order chi connectivity index (χ1) is 5.96. The van der Waals surface area contributed by atoms with Crippen molar-refractivity contribution in [2.45, 2.75) is 25.4 Å². The van der Waals surface area contributed by atoms with E-state index < -0.39 is 23.8 Å². The minimum absolute atomic E-state index is 0.0694. The van der Waals surface area contributed by atoms with E-state index in [2.05, 4.69) is 0 Å². The van der Waals surface area contributed by atoms with Crippen LogP contribution < -0.4 is 5.73 Å². The highest BCUT2D eigenvalue weighted by Gasteiger charge is 2.48. The van der Waals surface area contributed by atoms with Gasteiger partial charge in [0.1, 0.15) is 5.78 Å². The number of halogens is 3. The summed E-state index contributed by atoms with van der Waals surface area (Å²) in [5, 5.41) is 0. The maximum Gasteiger partial charge on any atom is 0.392 e. The second-order valence-electron chi connectivity index (χ2n) is 3.36. The van der Waals surface area contributed by atoms with Crippen molar-refractivity contribution in [3.63, 3.8) is 0 Å². The van der Waals surface area contributed by atoms with Gasteiger partial charge in [0.2, 0.25) is 0 Å². The third-order valence-corrected chi connectivity index (χ3v) is 2.55. The number of alkyl halides is 3. The molecular formula is C8H12F3NO. The largest absolute Gasteiger partial charge is 0.392 e. The van der Waals surface area contributed by atoms with Crippen LogP contribution in [0.1, 0.15) is 19.3 Å². The van der Waals surface area contributed by atoms with E-state index in [-0.39, 0.29) is 13.0 Å². The number of hydrogen-bond donors (Lipinski definition) is 1. The quantitative estimate of drug-likeness (QED) is 0.725. The normalized spacial score (nSPS) is 29.2. The Hall–Kier alpha value is -0.580. The van der Waals surface area contributed by atoms with Crippen molar-refractivity contribution < 1.29 is 18.0 Å². The second-order valence-corrected chi connectivity index (χ2v) is 3.36. The third kappa shape index (κ3) is 2.21. The predicted octanol–water partition coefficient (Wildman–Crippen LogP) is 1.49. The van der Waals surface area contributed by atoms with Gasteiger partial charge < -0.3 is 5.73 Å². The minimum Gasteiger partial charge on any atom is -0.324 e. The monoisotopic (exact) mass is 195 g/mol. The second kappa shape index (κ2) is 3.65. The van der Waals surface area contributed by atoms with Crippen LogP contribution in [0.15, 0.2) is 0 Å². The van der Waals surface area contributed by atoms with Crippen molar-refractivity contribution >= 4 is 5.78 Å². The fraction of sp³-hybridized carbons (Fsp3) is 0.875. The Kier molecular flexibility index (Phi) is 2.95. The molecule has 5 heteroatoms. The molecule has 0 spiro atoms. The summed E-state index contributed by atoms with van der Waals surface area (Å²) < 4.78 is 36.9. The predicted molar refractivity (Wildman–Crippen MR) is 40.9 cm³/mol. The summed E-state index contributed by atoms with van der Waals surface area (Å²) in [7, 11) is 0. The molecule has 0 bridgehead atoms. The third-order valence-electron chi connectivity index (χ3n) is 2.55. The van der Waals surface area contributed by atoms with Gasteiger partial charge in [-0.3, -0.25) is 4.79 Å². The minimum atomic E-state index is -4.24. The molecule has 0 radical (unpaired) electrons. The Balaban J connectivity index is 2.70. The average molecular weight is 195 g/mol. The fourth-order valence-corrected chi connectivity index (χ4v) is 1.89. The van der Waals surface area contributed by atoms with Crippen molar-refractivity contribution in [3.8, 4) is 0 Å². The lowest BCUT2D eigenvalue weighted by Gasteiger charge is -2.20. The number of carbonyl (C=O) groups is 1. The summed E-state index contributed by atoms with van der Waals surface area (Å²) in [6.45, 7) is -0.281. The van der Waals surface area contributed by atoms with Gasteiger partial charge in [-0.15, -0.1) is 0 Å². The fourth-order valence-electron chi connectivity index (χ4n) is 1.89. The molecule has 2 atom stereocenters. The van der Waals surface area contributed by atoms with Crippen LogP contribution in [0.2, 0.25) is 0 Å². The van der Waals surface area contributed by atoms with Crippen LogP contribution >= 0.6 is 0 Å². The molecule has 1 aliphatic rings. The van der Waals surface area contributed by atoms with Crippen LogP contribution in [0.4, 0.5) is 13.2 Å². The summed E-state index contributed by atoms with van der Waals surface area (Å²) in [4.78, 5) is 11.0. The molecule has 0 aromatic carbocycles. The highest BCUT2D eigenvalue weighted by molar-refractivity contribution is 5.83. The highest BCUT2D eigenvalue weighted by Crippen LogP contribution is 2.43. The molecule has 1 saturated carbocycles. The molecule has 1 aliphatic carbocycles. The van der Waals surface area contributed by atoms with E-state index in [4.69, 9.17) is 5.73 Å². The van der Waals surface area contributed by atoms with Crippen LogP contribution in [-0.2, 0) is 4.79 Å². The lowest BCUT2D eigenvalue weighted by molar-refractivity contribution is -0.185. The van der Waals surface area contributed by atoms with Crippen molar-refractivity contribution in [1.29, 1.82) is 0 Å². The van der Waals surface area contributed by atoms with Crippen molar-refractivity contribution in [1.82, 2.24) is 0 Å². The molecule has 0 amide bonds. The maximum atomic E-state index is 12.3. The smallest absolute Gasteiger partial charge is 0.324 e. The molecule has 76 valence electrons. The number of Topliss-reactive ketones (excluding diaryl/α,β-unsaturated/α-hetero) is 1.